The fourth-order valence-corrected chi connectivity index (χ4v) is 4.07. The van der Waals surface area contributed by atoms with E-state index in [4.69, 9.17) is 5.21 Å². The van der Waals surface area contributed by atoms with Crippen LogP contribution < -0.4 is 10.8 Å². The first-order valence-electron chi connectivity index (χ1n) is 9.49. The van der Waals surface area contributed by atoms with Crippen LogP contribution in [0, 0.1) is 5.92 Å². The van der Waals surface area contributed by atoms with Crippen molar-refractivity contribution in [2.24, 2.45) is 5.92 Å². The number of carbonyl (C=O) groups excluding carboxylic acids is 2. The van der Waals surface area contributed by atoms with Gasteiger partial charge in [-0.2, -0.15) is 0 Å². The number of pyridine rings is 1. The van der Waals surface area contributed by atoms with E-state index in [2.05, 4.69) is 15.2 Å². The fraction of sp³-hybridized carbons (Fsp3) is 0.632. The molecule has 3 rings (SSSR count). The number of carbonyl (C=O) groups is 2. The topological polar surface area (TPSA) is 94.6 Å². The zero-order valence-corrected chi connectivity index (χ0v) is 15.3. The van der Waals surface area contributed by atoms with Crippen molar-refractivity contribution >= 4 is 11.8 Å². The molecule has 3 N–H and O–H groups in total. The van der Waals surface area contributed by atoms with E-state index in [1.54, 1.807) is 12.4 Å². The van der Waals surface area contributed by atoms with Gasteiger partial charge in [0.05, 0.1) is 11.3 Å². The van der Waals surface area contributed by atoms with Crippen LogP contribution in [0.15, 0.2) is 12.3 Å². The largest absolute Gasteiger partial charge is 0.356 e. The molecule has 0 saturated heterocycles. The lowest BCUT2D eigenvalue weighted by atomic mass is 9.75. The minimum atomic E-state index is -0.513. The van der Waals surface area contributed by atoms with Gasteiger partial charge in [-0.3, -0.25) is 24.7 Å². The van der Waals surface area contributed by atoms with Gasteiger partial charge in [0.25, 0.3) is 5.91 Å². The van der Waals surface area contributed by atoms with Gasteiger partial charge in [-0.05, 0) is 49.7 Å². The first kappa shape index (κ1) is 18.8. The summed E-state index contributed by atoms with van der Waals surface area (Å²) in [6.07, 6.45) is 8.38. The highest BCUT2D eigenvalue weighted by Crippen LogP contribution is 2.37. The lowest BCUT2D eigenvalue weighted by Gasteiger charge is -2.46. The number of aromatic nitrogens is 1. The Morgan fingerprint density at radius 3 is 2.92 bits per heavy atom. The molecule has 144 valence electrons. The Morgan fingerprint density at radius 2 is 2.23 bits per heavy atom. The summed E-state index contributed by atoms with van der Waals surface area (Å²) in [6, 6.07) is 2.47. The maximum Gasteiger partial charge on any atom is 0.276 e. The Hall–Kier alpha value is -1.99. The van der Waals surface area contributed by atoms with Crippen molar-refractivity contribution < 1.29 is 16.2 Å². The third-order valence-corrected chi connectivity index (χ3v) is 5.67. The van der Waals surface area contributed by atoms with E-state index in [1.807, 2.05) is 6.07 Å². The van der Waals surface area contributed by atoms with Crippen molar-refractivity contribution in [1.29, 1.82) is 0 Å². The van der Waals surface area contributed by atoms with Crippen molar-refractivity contribution in [3.05, 3.63) is 29.1 Å². The van der Waals surface area contributed by atoms with Crippen molar-refractivity contribution in [2.75, 3.05) is 13.1 Å². The van der Waals surface area contributed by atoms with Crippen molar-refractivity contribution in [2.45, 2.75) is 58.0 Å². The van der Waals surface area contributed by atoms with Crippen LogP contribution in [0.2, 0.25) is 0 Å². The number of unbranched alkanes of at least 4 members (excludes halogenated alkanes) is 1. The SMILES string of the molecule is CC(=O)NCCCCC1CC[C@@H]1N1CCc2cc(C(=O)NO)cnc2C1.[HH]. The summed E-state index contributed by atoms with van der Waals surface area (Å²) in [7, 11) is 0. The molecule has 2 atom stereocenters. The lowest BCUT2D eigenvalue weighted by molar-refractivity contribution is -0.118. The Labute approximate surface area is 155 Å². The van der Waals surface area contributed by atoms with E-state index in [-0.39, 0.29) is 7.33 Å². The zero-order chi connectivity index (χ0) is 18.5. The molecule has 2 aliphatic rings. The maximum atomic E-state index is 11.5. The molecule has 7 nitrogen and oxygen atoms in total. The number of amides is 2. The molecule has 7 heteroatoms. The summed E-state index contributed by atoms with van der Waals surface area (Å²) < 4.78 is 0. The number of hydrogen-bond acceptors (Lipinski definition) is 5. The predicted octanol–water partition coefficient (Wildman–Crippen LogP) is 1.89. The number of hydrogen-bond donors (Lipinski definition) is 3. The van der Waals surface area contributed by atoms with Gasteiger partial charge < -0.3 is 5.32 Å². The smallest absolute Gasteiger partial charge is 0.276 e. The van der Waals surface area contributed by atoms with Crippen LogP contribution in [0.1, 0.15) is 62.1 Å². The van der Waals surface area contributed by atoms with Crippen LogP contribution in [-0.2, 0) is 17.8 Å². The minimum Gasteiger partial charge on any atom is -0.356 e. The van der Waals surface area contributed by atoms with E-state index in [9.17, 15) is 9.59 Å². The Balaban J connectivity index is 0.00000261. The summed E-state index contributed by atoms with van der Waals surface area (Å²) in [6.45, 7) is 4.16. The van der Waals surface area contributed by atoms with E-state index in [0.717, 1.165) is 56.1 Å². The van der Waals surface area contributed by atoms with Crippen molar-refractivity contribution in [3.8, 4) is 0 Å². The van der Waals surface area contributed by atoms with Gasteiger partial charge in [0.15, 0.2) is 0 Å². The molecule has 1 aromatic rings. The summed E-state index contributed by atoms with van der Waals surface area (Å²) in [5.41, 5.74) is 4.21. The second kappa shape index (κ2) is 8.60. The van der Waals surface area contributed by atoms with Crippen LogP contribution in [0.4, 0.5) is 0 Å². The number of nitrogens with one attached hydrogen (secondary N) is 2. The van der Waals surface area contributed by atoms with E-state index < -0.39 is 5.91 Å². The number of hydroxylamine groups is 1. The quantitative estimate of drug-likeness (QED) is 0.391. The summed E-state index contributed by atoms with van der Waals surface area (Å²) in [5, 5.41) is 11.6. The highest BCUT2D eigenvalue weighted by atomic mass is 16.5. The first-order valence-corrected chi connectivity index (χ1v) is 9.49. The summed E-state index contributed by atoms with van der Waals surface area (Å²) >= 11 is 0. The fourth-order valence-electron chi connectivity index (χ4n) is 4.07. The molecule has 1 fully saturated rings. The minimum absolute atomic E-state index is 0. The van der Waals surface area contributed by atoms with E-state index >= 15 is 0 Å². The average molecular weight is 362 g/mol. The van der Waals surface area contributed by atoms with Crippen LogP contribution in [0.25, 0.3) is 0 Å². The maximum absolute atomic E-state index is 11.5. The molecular weight excluding hydrogens is 332 g/mol. The standard InChI is InChI=1S/C19H28N4O3.H2/c1-13(24)20-8-3-2-4-14-5-6-18(14)23-9-7-15-10-16(19(25)22-26)11-21-17(15)12-23;/h10-11,14,18,26H,2-9,12H2,1H3,(H,20,24)(H,22,25);1H/t14?,18-;/m0./s1. The highest BCUT2D eigenvalue weighted by molar-refractivity contribution is 5.93. The van der Waals surface area contributed by atoms with Gasteiger partial charge in [0, 0.05) is 40.2 Å². The Kier molecular flexibility index (Phi) is 6.21. The first-order chi connectivity index (χ1) is 12.6. The molecule has 26 heavy (non-hydrogen) atoms. The van der Waals surface area contributed by atoms with Crippen LogP contribution in [-0.4, -0.2) is 46.0 Å². The molecule has 0 radical (unpaired) electrons. The van der Waals surface area contributed by atoms with Gasteiger partial charge in [-0.1, -0.05) is 6.42 Å². The van der Waals surface area contributed by atoms with Gasteiger partial charge in [0.2, 0.25) is 5.91 Å². The molecule has 1 aromatic heterocycles. The van der Waals surface area contributed by atoms with Crippen LogP contribution in [0.3, 0.4) is 0 Å². The van der Waals surface area contributed by atoms with E-state index in [0.29, 0.717) is 11.6 Å². The molecule has 1 aliphatic carbocycles. The molecule has 1 aliphatic heterocycles. The van der Waals surface area contributed by atoms with Crippen molar-refractivity contribution in [3.63, 3.8) is 0 Å². The average Bonchev–Trinajstić information content (AvgIpc) is 2.62. The normalized spacial score (nSPS) is 22.2. The van der Waals surface area contributed by atoms with Gasteiger partial charge >= 0.3 is 0 Å². The summed E-state index contributed by atoms with van der Waals surface area (Å²) in [5.74, 6) is 0.278. The molecular formula is C19H30N4O3. The van der Waals surface area contributed by atoms with Gasteiger partial charge in [-0.25, -0.2) is 5.48 Å². The molecule has 0 bridgehead atoms. The predicted molar refractivity (Wildman–Crippen MR) is 98.8 cm³/mol. The Morgan fingerprint density at radius 1 is 1.38 bits per heavy atom. The van der Waals surface area contributed by atoms with Crippen molar-refractivity contribution in [1.82, 2.24) is 20.7 Å². The summed E-state index contributed by atoms with van der Waals surface area (Å²) in [4.78, 5) is 29.4. The molecule has 1 unspecified atom stereocenters. The molecule has 0 spiro atoms. The van der Waals surface area contributed by atoms with E-state index in [1.165, 1.54) is 25.5 Å². The molecule has 0 aromatic carbocycles. The zero-order valence-electron chi connectivity index (χ0n) is 15.3. The van der Waals surface area contributed by atoms with Gasteiger partial charge in [-0.15, -0.1) is 0 Å². The number of nitrogens with zero attached hydrogens (tertiary/aromatic N) is 2. The molecule has 1 saturated carbocycles. The number of fused-ring (bicyclic) bond motifs is 1. The van der Waals surface area contributed by atoms with Gasteiger partial charge in [0.1, 0.15) is 0 Å². The van der Waals surface area contributed by atoms with Crippen LogP contribution >= 0.6 is 0 Å². The third kappa shape index (κ3) is 4.40. The third-order valence-electron chi connectivity index (χ3n) is 5.67. The highest BCUT2D eigenvalue weighted by Gasteiger charge is 2.36. The molecule has 2 amide bonds. The molecule has 2 heterocycles. The monoisotopic (exact) mass is 362 g/mol. The Bertz CT molecular complexity index is 670. The lowest BCUT2D eigenvalue weighted by Crippen LogP contribution is -2.49. The number of rotatable bonds is 7. The second-order valence-electron chi connectivity index (χ2n) is 7.37. The second-order valence-corrected chi connectivity index (χ2v) is 7.37. The van der Waals surface area contributed by atoms with Crippen LogP contribution in [0.5, 0.6) is 0 Å².